The number of ether oxygens (including phenoxy) is 1. The number of nitrogens with one attached hydrogen (secondary N) is 1. The van der Waals surface area contributed by atoms with E-state index in [0.29, 0.717) is 0 Å². The van der Waals surface area contributed by atoms with Gasteiger partial charge in [-0.15, -0.1) is 13.2 Å². The SMILES string of the molecule is NS(=O)(=O)c1cc(=O)c(OC(F)(F)F)c([N+](=O)[O-])[nH]1. The molecule has 0 saturated heterocycles. The van der Waals surface area contributed by atoms with Crippen LogP contribution in [-0.2, 0) is 10.0 Å². The molecule has 1 aromatic heterocycles. The van der Waals surface area contributed by atoms with Gasteiger partial charge in [0.05, 0.1) is 6.07 Å². The molecule has 0 aromatic carbocycles. The van der Waals surface area contributed by atoms with Gasteiger partial charge in [-0.25, -0.2) is 18.5 Å². The van der Waals surface area contributed by atoms with E-state index >= 15 is 0 Å². The summed E-state index contributed by atoms with van der Waals surface area (Å²) in [4.78, 5) is 21.7. The van der Waals surface area contributed by atoms with Crippen LogP contribution in [0.4, 0.5) is 19.0 Å². The van der Waals surface area contributed by atoms with Crippen molar-refractivity contribution in [3.63, 3.8) is 0 Å². The zero-order valence-corrected chi connectivity index (χ0v) is 9.41. The number of sulfonamides is 1. The van der Waals surface area contributed by atoms with Gasteiger partial charge in [0.2, 0.25) is 10.5 Å². The van der Waals surface area contributed by atoms with E-state index < -0.39 is 43.3 Å². The number of nitrogens with two attached hydrogens (primary N) is 1. The van der Waals surface area contributed by atoms with E-state index in [1.165, 1.54) is 4.98 Å². The Labute approximate surface area is 102 Å². The molecule has 0 aliphatic heterocycles. The highest BCUT2D eigenvalue weighted by atomic mass is 32.2. The quantitative estimate of drug-likeness (QED) is 0.585. The van der Waals surface area contributed by atoms with Gasteiger partial charge in [0.15, 0.2) is 0 Å². The second-order valence-electron chi connectivity index (χ2n) is 3.03. The molecule has 0 aliphatic rings. The molecule has 19 heavy (non-hydrogen) atoms. The number of rotatable bonds is 3. The fourth-order valence-electron chi connectivity index (χ4n) is 1.01. The summed E-state index contributed by atoms with van der Waals surface area (Å²) in [5.41, 5.74) is -1.66. The largest absolute Gasteiger partial charge is 0.573 e. The van der Waals surface area contributed by atoms with E-state index in [1.807, 2.05) is 0 Å². The molecule has 0 amide bonds. The number of nitro groups is 1. The highest BCUT2D eigenvalue weighted by Gasteiger charge is 2.37. The minimum Gasteiger partial charge on any atom is -0.393 e. The van der Waals surface area contributed by atoms with E-state index in [2.05, 4.69) is 9.88 Å². The summed E-state index contributed by atoms with van der Waals surface area (Å²) in [6.45, 7) is 0. The van der Waals surface area contributed by atoms with Crippen molar-refractivity contribution in [3.8, 4) is 5.75 Å². The van der Waals surface area contributed by atoms with Crippen LogP contribution in [0, 0.1) is 10.1 Å². The molecule has 0 atom stereocenters. The van der Waals surface area contributed by atoms with Gasteiger partial charge < -0.3 is 14.9 Å². The minimum absolute atomic E-state index is 0.142. The van der Waals surface area contributed by atoms with Crippen LogP contribution in [0.2, 0.25) is 0 Å². The molecule has 9 nitrogen and oxygen atoms in total. The molecule has 1 heterocycles. The molecule has 0 radical (unpaired) electrons. The van der Waals surface area contributed by atoms with Crippen molar-refractivity contribution in [2.75, 3.05) is 0 Å². The number of halogens is 3. The Balaban J connectivity index is 3.58. The number of primary sulfonamides is 1. The topological polar surface area (TPSA) is 145 Å². The van der Waals surface area contributed by atoms with Crippen LogP contribution in [0.3, 0.4) is 0 Å². The Bertz CT molecular complexity index is 678. The van der Waals surface area contributed by atoms with Gasteiger partial charge in [-0.1, -0.05) is 0 Å². The number of aromatic nitrogens is 1. The summed E-state index contributed by atoms with van der Waals surface area (Å²) >= 11 is 0. The van der Waals surface area contributed by atoms with Gasteiger partial charge in [0.1, 0.15) is 0 Å². The average Bonchev–Trinajstić information content (AvgIpc) is 2.16. The Hall–Kier alpha value is -2.15. The lowest BCUT2D eigenvalue weighted by molar-refractivity contribution is -0.393. The van der Waals surface area contributed by atoms with Crippen LogP contribution in [-0.4, -0.2) is 24.7 Å². The molecule has 0 aliphatic carbocycles. The van der Waals surface area contributed by atoms with Crippen LogP contribution in [0.25, 0.3) is 0 Å². The first-order chi connectivity index (χ1) is 8.42. The molecule has 3 N–H and O–H groups in total. The van der Waals surface area contributed by atoms with Gasteiger partial charge >= 0.3 is 12.2 Å². The fraction of sp³-hybridized carbons (Fsp3) is 0.167. The third-order valence-electron chi connectivity index (χ3n) is 1.65. The molecule has 0 saturated carbocycles. The van der Waals surface area contributed by atoms with Gasteiger partial charge in [-0.3, -0.25) is 4.79 Å². The minimum atomic E-state index is -5.36. The summed E-state index contributed by atoms with van der Waals surface area (Å²) in [7, 11) is -4.54. The lowest BCUT2D eigenvalue weighted by Gasteiger charge is -2.08. The Morgan fingerprint density at radius 2 is 1.95 bits per heavy atom. The Morgan fingerprint density at radius 1 is 1.42 bits per heavy atom. The fourth-order valence-corrected chi connectivity index (χ4v) is 1.52. The van der Waals surface area contributed by atoms with Crippen LogP contribution >= 0.6 is 0 Å². The van der Waals surface area contributed by atoms with E-state index in [-0.39, 0.29) is 6.07 Å². The summed E-state index contributed by atoms with van der Waals surface area (Å²) < 4.78 is 60.8. The average molecular weight is 303 g/mol. The second-order valence-corrected chi connectivity index (χ2v) is 4.56. The number of aromatic amines is 1. The molecule has 0 fully saturated rings. The molecule has 1 aromatic rings. The summed E-state index contributed by atoms with van der Waals surface area (Å²) in [6, 6.07) is 0.142. The monoisotopic (exact) mass is 303 g/mol. The maximum absolute atomic E-state index is 12.0. The van der Waals surface area contributed by atoms with Gasteiger partial charge in [0.25, 0.3) is 15.8 Å². The summed E-state index contributed by atoms with van der Waals surface area (Å²) in [5, 5.41) is 14.0. The number of alkyl halides is 3. The molecule has 0 spiro atoms. The zero-order valence-electron chi connectivity index (χ0n) is 8.59. The Morgan fingerprint density at radius 3 is 2.32 bits per heavy atom. The standard InChI is InChI=1S/C6H4F3N3O6S/c7-6(8,9)18-4-2(13)1-3(19(10,16)17)11-5(4)12(14)15/h1H,(H,11,13)(H2,10,16,17). The van der Waals surface area contributed by atoms with E-state index in [4.69, 9.17) is 0 Å². The van der Waals surface area contributed by atoms with Crippen molar-refractivity contribution in [2.45, 2.75) is 11.4 Å². The van der Waals surface area contributed by atoms with Gasteiger partial charge in [-0.05, 0) is 4.92 Å². The second kappa shape index (κ2) is 4.51. The lowest BCUT2D eigenvalue weighted by atomic mass is 10.4. The highest BCUT2D eigenvalue weighted by molar-refractivity contribution is 7.89. The molecule has 1 rings (SSSR count). The number of pyridine rings is 1. The van der Waals surface area contributed by atoms with Crippen molar-refractivity contribution in [3.05, 3.63) is 26.4 Å². The highest BCUT2D eigenvalue weighted by Crippen LogP contribution is 2.27. The zero-order chi connectivity index (χ0) is 15.0. The van der Waals surface area contributed by atoms with Crippen LogP contribution in [0.5, 0.6) is 5.75 Å². The van der Waals surface area contributed by atoms with Crippen molar-refractivity contribution in [1.82, 2.24) is 4.98 Å². The van der Waals surface area contributed by atoms with E-state index in [0.717, 1.165) is 0 Å². The predicted molar refractivity (Wildman–Crippen MR) is 51.8 cm³/mol. The van der Waals surface area contributed by atoms with Crippen molar-refractivity contribution in [2.24, 2.45) is 5.14 Å². The molecule has 0 unspecified atom stereocenters. The summed E-state index contributed by atoms with van der Waals surface area (Å²) in [6.07, 6.45) is -5.36. The van der Waals surface area contributed by atoms with Crippen molar-refractivity contribution >= 4 is 15.8 Å². The third-order valence-corrected chi connectivity index (χ3v) is 2.48. The number of hydrogen-bond acceptors (Lipinski definition) is 6. The number of hydrogen-bond donors (Lipinski definition) is 2. The maximum Gasteiger partial charge on any atom is 0.573 e. The van der Waals surface area contributed by atoms with Crippen LogP contribution in [0.15, 0.2) is 15.9 Å². The Kier molecular flexibility index (Phi) is 3.54. The van der Waals surface area contributed by atoms with Gasteiger partial charge in [0, 0.05) is 0 Å². The van der Waals surface area contributed by atoms with Gasteiger partial charge in [-0.2, -0.15) is 0 Å². The molecular weight excluding hydrogens is 299 g/mol. The molecule has 13 heteroatoms. The molecular formula is C6H4F3N3O6S. The first kappa shape index (κ1) is 14.9. The maximum atomic E-state index is 12.0. The van der Waals surface area contributed by atoms with E-state index in [1.54, 1.807) is 0 Å². The first-order valence-electron chi connectivity index (χ1n) is 4.12. The van der Waals surface area contributed by atoms with Crippen LogP contribution in [0.1, 0.15) is 0 Å². The lowest BCUT2D eigenvalue weighted by Crippen LogP contribution is -2.25. The van der Waals surface area contributed by atoms with E-state index in [9.17, 15) is 36.5 Å². The third kappa shape index (κ3) is 3.65. The summed E-state index contributed by atoms with van der Waals surface area (Å²) in [5.74, 6) is -3.27. The van der Waals surface area contributed by atoms with Crippen LogP contribution < -0.4 is 15.3 Å². The predicted octanol–water partition coefficient (Wildman–Crippen LogP) is -0.171. The normalized spacial score (nSPS) is 12.2. The smallest absolute Gasteiger partial charge is 0.393 e. The number of nitrogens with zero attached hydrogens (tertiary/aromatic N) is 1. The van der Waals surface area contributed by atoms with Crippen molar-refractivity contribution < 1.29 is 31.2 Å². The van der Waals surface area contributed by atoms with Crippen molar-refractivity contribution in [1.29, 1.82) is 0 Å². The molecule has 0 bridgehead atoms. The number of H-pyrrole nitrogens is 1. The first-order valence-corrected chi connectivity index (χ1v) is 5.66. The molecule has 106 valence electrons.